The normalized spacial score (nSPS) is 12.2. The Morgan fingerprint density at radius 3 is 2.38 bits per heavy atom. The van der Waals surface area contributed by atoms with Crippen LogP contribution in [0.25, 0.3) is 0 Å². The summed E-state index contributed by atoms with van der Waals surface area (Å²) < 4.78 is 5.67. The van der Waals surface area contributed by atoms with E-state index in [1.54, 1.807) is 30.0 Å². The Kier molecular flexibility index (Phi) is 7.68. The minimum atomic E-state index is -0.641. The molecule has 0 saturated heterocycles. The molecule has 2 amide bonds. The molecule has 0 bridgehead atoms. The molecule has 0 radical (unpaired) electrons. The number of aryl methyl sites for hydroxylation is 1. The number of carbonyl (C=O) groups is 2. The minimum absolute atomic E-state index is 0.166. The fraction of sp³-hybridized carbons (Fsp3) is 0.391. The topological polar surface area (TPSA) is 58.6 Å². The van der Waals surface area contributed by atoms with Gasteiger partial charge in [0.1, 0.15) is 11.8 Å². The van der Waals surface area contributed by atoms with Crippen LogP contribution in [0.5, 0.6) is 5.75 Å². The molecule has 0 heterocycles. The van der Waals surface area contributed by atoms with Crippen LogP contribution in [0.2, 0.25) is 5.02 Å². The monoisotopic (exact) mass is 416 g/mol. The van der Waals surface area contributed by atoms with Crippen LogP contribution >= 0.6 is 11.6 Å². The fourth-order valence-corrected chi connectivity index (χ4v) is 2.89. The Labute approximate surface area is 178 Å². The van der Waals surface area contributed by atoms with Crippen molar-refractivity contribution in [2.24, 2.45) is 0 Å². The third-order valence-electron chi connectivity index (χ3n) is 4.35. The van der Waals surface area contributed by atoms with E-state index < -0.39 is 6.04 Å². The zero-order chi connectivity index (χ0) is 21.6. The van der Waals surface area contributed by atoms with Crippen LogP contribution in [0.1, 0.15) is 38.8 Å². The van der Waals surface area contributed by atoms with E-state index in [9.17, 15) is 9.59 Å². The summed E-state index contributed by atoms with van der Waals surface area (Å²) in [5.41, 5.74) is 1.43. The predicted molar refractivity (Wildman–Crippen MR) is 116 cm³/mol. The van der Waals surface area contributed by atoms with Gasteiger partial charge in [0, 0.05) is 17.1 Å². The number of nitrogens with zero attached hydrogens (tertiary/aromatic N) is 1. The van der Waals surface area contributed by atoms with Crippen molar-refractivity contribution in [2.45, 2.75) is 52.7 Å². The average Bonchev–Trinajstić information content (AvgIpc) is 2.65. The molecule has 0 spiro atoms. The van der Waals surface area contributed by atoms with Gasteiger partial charge in [-0.15, -0.1) is 0 Å². The first-order valence-corrected chi connectivity index (χ1v) is 9.99. The lowest BCUT2D eigenvalue weighted by atomic mass is 10.1. The highest BCUT2D eigenvalue weighted by molar-refractivity contribution is 6.31. The number of amides is 2. The quantitative estimate of drug-likeness (QED) is 0.729. The van der Waals surface area contributed by atoms with Gasteiger partial charge in [0.2, 0.25) is 5.91 Å². The van der Waals surface area contributed by atoms with Crippen LogP contribution in [0.15, 0.2) is 48.5 Å². The second-order valence-corrected chi connectivity index (χ2v) is 8.53. The highest BCUT2D eigenvalue weighted by Crippen LogP contribution is 2.21. The lowest BCUT2D eigenvalue weighted by molar-refractivity contribution is -0.142. The average molecular weight is 417 g/mol. The molecule has 2 aromatic rings. The second-order valence-electron chi connectivity index (χ2n) is 8.12. The number of hydrogen-bond donors (Lipinski definition) is 1. The van der Waals surface area contributed by atoms with E-state index in [1.807, 2.05) is 58.0 Å². The molecular formula is C23H29ClN2O3. The first-order chi connectivity index (χ1) is 13.6. The summed E-state index contributed by atoms with van der Waals surface area (Å²) in [7, 11) is 0. The summed E-state index contributed by atoms with van der Waals surface area (Å²) in [5.74, 6) is 0.0915. The maximum Gasteiger partial charge on any atom is 0.261 e. The maximum absolute atomic E-state index is 13.0. The van der Waals surface area contributed by atoms with Gasteiger partial charge in [0.15, 0.2) is 6.61 Å². The Morgan fingerprint density at radius 1 is 1.14 bits per heavy atom. The van der Waals surface area contributed by atoms with Gasteiger partial charge in [-0.2, -0.15) is 0 Å². The standard InChI is InChI=1S/C23H29ClN2O3/c1-16-13-19(11-12-20(16)24)29-15-21(27)26(14-18-9-7-6-8-10-18)17(2)22(28)25-23(3,4)5/h6-13,17H,14-15H2,1-5H3,(H,25,28). The van der Waals surface area contributed by atoms with Gasteiger partial charge in [-0.3, -0.25) is 9.59 Å². The van der Waals surface area contributed by atoms with E-state index in [-0.39, 0.29) is 24.0 Å². The molecular weight excluding hydrogens is 388 g/mol. The van der Waals surface area contributed by atoms with Crippen LogP contribution in [-0.4, -0.2) is 34.9 Å². The Balaban J connectivity index is 2.15. The molecule has 156 valence electrons. The molecule has 2 aromatic carbocycles. The molecule has 0 aliphatic heterocycles. The highest BCUT2D eigenvalue weighted by atomic mass is 35.5. The van der Waals surface area contributed by atoms with Crippen LogP contribution in [0.4, 0.5) is 0 Å². The molecule has 1 N–H and O–H groups in total. The molecule has 5 nitrogen and oxygen atoms in total. The lowest BCUT2D eigenvalue weighted by Gasteiger charge is -2.31. The summed E-state index contributed by atoms with van der Waals surface area (Å²) in [4.78, 5) is 27.2. The second kappa shape index (κ2) is 9.79. The lowest BCUT2D eigenvalue weighted by Crippen LogP contribution is -2.53. The maximum atomic E-state index is 13.0. The molecule has 0 saturated carbocycles. The minimum Gasteiger partial charge on any atom is -0.484 e. The Bertz CT molecular complexity index is 847. The van der Waals surface area contributed by atoms with Crippen molar-refractivity contribution in [3.63, 3.8) is 0 Å². The van der Waals surface area contributed by atoms with Crippen LogP contribution in [0.3, 0.4) is 0 Å². The number of hydrogen-bond acceptors (Lipinski definition) is 3. The third-order valence-corrected chi connectivity index (χ3v) is 4.78. The molecule has 0 fully saturated rings. The molecule has 0 aromatic heterocycles. The van der Waals surface area contributed by atoms with Crippen molar-refractivity contribution >= 4 is 23.4 Å². The fourth-order valence-electron chi connectivity index (χ4n) is 2.77. The zero-order valence-electron chi connectivity index (χ0n) is 17.7. The van der Waals surface area contributed by atoms with Crippen LogP contribution in [0, 0.1) is 6.92 Å². The van der Waals surface area contributed by atoms with E-state index >= 15 is 0 Å². The largest absolute Gasteiger partial charge is 0.484 e. The van der Waals surface area contributed by atoms with Gasteiger partial charge in [-0.05, 0) is 63.9 Å². The van der Waals surface area contributed by atoms with E-state index in [4.69, 9.17) is 16.3 Å². The zero-order valence-corrected chi connectivity index (χ0v) is 18.4. The molecule has 0 aliphatic rings. The summed E-state index contributed by atoms with van der Waals surface area (Å²) in [6, 6.07) is 14.2. The number of nitrogens with one attached hydrogen (secondary N) is 1. The highest BCUT2D eigenvalue weighted by Gasteiger charge is 2.28. The summed E-state index contributed by atoms with van der Waals surface area (Å²) in [5, 5.41) is 3.58. The summed E-state index contributed by atoms with van der Waals surface area (Å²) >= 11 is 6.04. The number of ether oxygens (including phenoxy) is 1. The third kappa shape index (κ3) is 7.09. The van der Waals surface area contributed by atoms with Gasteiger partial charge in [-0.25, -0.2) is 0 Å². The first kappa shape index (κ1) is 22.8. The van der Waals surface area contributed by atoms with Crippen LogP contribution < -0.4 is 10.1 Å². The smallest absolute Gasteiger partial charge is 0.261 e. The summed E-state index contributed by atoms with van der Waals surface area (Å²) in [6.07, 6.45) is 0. The first-order valence-electron chi connectivity index (χ1n) is 9.61. The molecule has 6 heteroatoms. The van der Waals surface area contributed by atoms with E-state index in [0.29, 0.717) is 17.3 Å². The van der Waals surface area contributed by atoms with Gasteiger partial charge >= 0.3 is 0 Å². The summed E-state index contributed by atoms with van der Waals surface area (Å²) in [6.45, 7) is 9.49. The van der Waals surface area contributed by atoms with Crippen molar-refractivity contribution < 1.29 is 14.3 Å². The number of halogens is 1. The van der Waals surface area contributed by atoms with Gasteiger partial charge in [0.05, 0.1) is 0 Å². The SMILES string of the molecule is Cc1cc(OCC(=O)N(Cc2ccccc2)C(C)C(=O)NC(C)(C)C)ccc1Cl. The van der Waals surface area contributed by atoms with Gasteiger partial charge in [-0.1, -0.05) is 41.9 Å². The van der Waals surface area contributed by atoms with Crippen molar-refractivity contribution in [2.75, 3.05) is 6.61 Å². The number of rotatable bonds is 7. The van der Waals surface area contributed by atoms with Crippen molar-refractivity contribution in [1.82, 2.24) is 10.2 Å². The van der Waals surface area contributed by atoms with Crippen LogP contribution in [-0.2, 0) is 16.1 Å². The van der Waals surface area contributed by atoms with E-state index in [0.717, 1.165) is 11.1 Å². The molecule has 1 atom stereocenters. The van der Waals surface area contributed by atoms with Gasteiger partial charge < -0.3 is 15.0 Å². The molecule has 2 rings (SSSR count). The van der Waals surface area contributed by atoms with E-state index in [2.05, 4.69) is 5.32 Å². The molecule has 0 aliphatic carbocycles. The Morgan fingerprint density at radius 2 is 1.79 bits per heavy atom. The number of benzene rings is 2. The molecule has 1 unspecified atom stereocenters. The van der Waals surface area contributed by atoms with Crippen molar-refractivity contribution in [3.8, 4) is 5.75 Å². The predicted octanol–water partition coefficient (Wildman–Crippen LogP) is 4.36. The Hall–Kier alpha value is -2.53. The van der Waals surface area contributed by atoms with Gasteiger partial charge in [0.25, 0.3) is 5.91 Å². The van der Waals surface area contributed by atoms with Crippen molar-refractivity contribution in [1.29, 1.82) is 0 Å². The number of carbonyl (C=O) groups excluding carboxylic acids is 2. The van der Waals surface area contributed by atoms with Crippen molar-refractivity contribution in [3.05, 3.63) is 64.7 Å². The molecule has 29 heavy (non-hydrogen) atoms. The van der Waals surface area contributed by atoms with E-state index in [1.165, 1.54) is 0 Å².